The van der Waals surface area contributed by atoms with Crippen LogP contribution in [0, 0.1) is 17.3 Å². The Morgan fingerprint density at radius 1 is 1.17 bits per heavy atom. The second-order valence-electron chi connectivity index (χ2n) is 6.81. The highest BCUT2D eigenvalue weighted by atomic mass is 16.4. The summed E-state index contributed by atoms with van der Waals surface area (Å²) in [6.07, 6.45) is 0. The molecule has 0 saturated heterocycles. The number of hydrogen-bond donors (Lipinski definition) is 3. The van der Waals surface area contributed by atoms with Crippen molar-refractivity contribution in [1.82, 2.24) is 5.32 Å². The van der Waals surface area contributed by atoms with Crippen LogP contribution >= 0.6 is 0 Å². The number of rotatable bonds is 5. The van der Waals surface area contributed by atoms with Crippen LogP contribution in [0.15, 0.2) is 24.3 Å². The fourth-order valence-corrected chi connectivity index (χ4v) is 2.89. The molecule has 0 spiro atoms. The highest BCUT2D eigenvalue weighted by Gasteiger charge is 2.65. The van der Waals surface area contributed by atoms with E-state index in [4.69, 9.17) is 5.11 Å². The van der Waals surface area contributed by atoms with Crippen molar-refractivity contribution in [1.29, 1.82) is 0 Å². The summed E-state index contributed by atoms with van der Waals surface area (Å²) < 4.78 is 0. The molecule has 1 aromatic carbocycles. The van der Waals surface area contributed by atoms with Crippen molar-refractivity contribution in [2.45, 2.75) is 33.7 Å². The summed E-state index contributed by atoms with van der Waals surface area (Å²) in [4.78, 5) is 35.4. The van der Waals surface area contributed by atoms with Crippen LogP contribution in [0.1, 0.15) is 38.1 Å². The van der Waals surface area contributed by atoms with Crippen molar-refractivity contribution >= 4 is 23.5 Å². The summed E-state index contributed by atoms with van der Waals surface area (Å²) in [6, 6.07) is 6.62. The SMILES string of the molecule is CC(C)NC(=O)c1cccc(NC(=O)[C@@H]2[C@@H](C(=O)O)C2(C)C)c1. The number of anilines is 1. The monoisotopic (exact) mass is 318 g/mol. The maximum Gasteiger partial charge on any atom is 0.307 e. The van der Waals surface area contributed by atoms with E-state index in [-0.39, 0.29) is 17.9 Å². The van der Waals surface area contributed by atoms with Gasteiger partial charge in [0.05, 0.1) is 11.8 Å². The largest absolute Gasteiger partial charge is 0.481 e. The van der Waals surface area contributed by atoms with E-state index in [0.717, 1.165) is 0 Å². The molecule has 1 aliphatic carbocycles. The van der Waals surface area contributed by atoms with Gasteiger partial charge in [0.15, 0.2) is 0 Å². The number of nitrogens with one attached hydrogen (secondary N) is 2. The van der Waals surface area contributed by atoms with Crippen molar-refractivity contribution < 1.29 is 19.5 Å². The molecule has 1 saturated carbocycles. The molecule has 2 amide bonds. The molecule has 23 heavy (non-hydrogen) atoms. The van der Waals surface area contributed by atoms with Crippen LogP contribution in [0.3, 0.4) is 0 Å². The average Bonchev–Trinajstić information content (AvgIpc) is 3.01. The molecule has 6 heteroatoms. The lowest BCUT2D eigenvalue weighted by atomic mass is 10.1. The van der Waals surface area contributed by atoms with Crippen molar-refractivity contribution in [3.63, 3.8) is 0 Å². The lowest BCUT2D eigenvalue weighted by Gasteiger charge is -2.10. The number of aliphatic carboxylic acids is 1. The Morgan fingerprint density at radius 3 is 2.35 bits per heavy atom. The van der Waals surface area contributed by atoms with Crippen molar-refractivity contribution in [2.75, 3.05) is 5.32 Å². The number of carbonyl (C=O) groups is 3. The van der Waals surface area contributed by atoms with Crippen molar-refractivity contribution in [3.8, 4) is 0 Å². The molecule has 0 bridgehead atoms. The van der Waals surface area contributed by atoms with E-state index < -0.39 is 23.2 Å². The molecule has 0 radical (unpaired) electrons. The summed E-state index contributed by atoms with van der Waals surface area (Å²) in [6.45, 7) is 7.26. The average molecular weight is 318 g/mol. The van der Waals surface area contributed by atoms with Gasteiger partial charge in [0.25, 0.3) is 5.91 Å². The van der Waals surface area contributed by atoms with Gasteiger partial charge < -0.3 is 15.7 Å². The quantitative estimate of drug-likeness (QED) is 0.775. The maximum absolute atomic E-state index is 12.3. The van der Waals surface area contributed by atoms with Gasteiger partial charge in [-0.3, -0.25) is 14.4 Å². The molecule has 0 aliphatic heterocycles. The zero-order valence-corrected chi connectivity index (χ0v) is 13.7. The highest BCUT2D eigenvalue weighted by molar-refractivity contribution is 6.01. The van der Waals surface area contributed by atoms with Gasteiger partial charge in [0.1, 0.15) is 0 Å². The third-order valence-corrected chi connectivity index (χ3v) is 4.19. The van der Waals surface area contributed by atoms with Crippen molar-refractivity contribution in [2.24, 2.45) is 17.3 Å². The summed E-state index contributed by atoms with van der Waals surface area (Å²) in [7, 11) is 0. The molecule has 2 rings (SSSR count). The lowest BCUT2D eigenvalue weighted by Crippen LogP contribution is -2.30. The Bertz CT molecular complexity index is 652. The smallest absolute Gasteiger partial charge is 0.307 e. The third kappa shape index (κ3) is 3.52. The molecule has 6 nitrogen and oxygen atoms in total. The number of hydrogen-bond acceptors (Lipinski definition) is 3. The summed E-state index contributed by atoms with van der Waals surface area (Å²) in [5.41, 5.74) is 0.377. The van der Waals surface area contributed by atoms with Gasteiger partial charge in [-0.1, -0.05) is 19.9 Å². The van der Waals surface area contributed by atoms with E-state index in [1.54, 1.807) is 38.1 Å². The van der Waals surface area contributed by atoms with E-state index in [1.807, 2.05) is 13.8 Å². The molecule has 2 atom stereocenters. The van der Waals surface area contributed by atoms with Crippen molar-refractivity contribution in [3.05, 3.63) is 29.8 Å². The van der Waals surface area contributed by atoms with Crippen LogP contribution in [0.25, 0.3) is 0 Å². The number of amides is 2. The number of benzene rings is 1. The van der Waals surface area contributed by atoms with Crippen LogP contribution < -0.4 is 10.6 Å². The van der Waals surface area contributed by atoms with E-state index in [1.165, 1.54) is 0 Å². The molecule has 0 heterocycles. The summed E-state index contributed by atoms with van der Waals surface area (Å²) in [5, 5.41) is 14.6. The molecule has 124 valence electrons. The zero-order valence-electron chi connectivity index (χ0n) is 13.7. The topological polar surface area (TPSA) is 95.5 Å². The van der Waals surface area contributed by atoms with Gasteiger partial charge in [-0.2, -0.15) is 0 Å². The molecule has 0 unspecified atom stereocenters. The van der Waals surface area contributed by atoms with E-state index in [2.05, 4.69) is 10.6 Å². The fourth-order valence-electron chi connectivity index (χ4n) is 2.89. The molecule has 1 aromatic rings. The first-order valence-electron chi connectivity index (χ1n) is 7.59. The maximum atomic E-state index is 12.3. The van der Waals surface area contributed by atoms with Gasteiger partial charge in [-0.15, -0.1) is 0 Å². The Balaban J connectivity index is 2.08. The standard InChI is InChI=1S/C17H22N2O4/c1-9(2)18-14(20)10-6-5-7-11(8-10)19-15(21)12-13(16(22)23)17(12,3)4/h5-9,12-13H,1-4H3,(H,18,20)(H,19,21)(H,22,23)/t12-,13-/m0/s1. The zero-order chi connectivity index (χ0) is 17.4. The highest BCUT2D eigenvalue weighted by Crippen LogP contribution is 2.58. The van der Waals surface area contributed by atoms with Gasteiger partial charge in [0, 0.05) is 17.3 Å². The normalized spacial score (nSPS) is 21.6. The van der Waals surface area contributed by atoms with Crippen LogP contribution in [0.2, 0.25) is 0 Å². The van der Waals surface area contributed by atoms with Crippen LogP contribution in [0.5, 0.6) is 0 Å². The summed E-state index contributed by atoms with van der Waals surface area (Å²) >= 11 is 0. The molecular formula is C17H22N2O4. The molecule has 1 fully saturated rings. The van der Waals surface area contributed by atoms with Crippen LogP contribution in [-0.4, -0.2) is 28.9 Å². The van der Waals surface area contributed by atoms with E-state index in [9.17, 15) is 14.4 Å². The van der Waals surface area contributed by atoms with Gasteiger partial charge in [0.2, 0.25) is 5.91 Å². The Hall–Kier alpha value is -2.37. The predicted octanol–water partition coefficient (Wildman–Crippen LogP) is 2.12. The number of carboxylic acids is 1. The van der Waals surface area contributed by atoms with Gasteiger partial charge >= 0.3 is 5.97 Å². The molecule has 1 aliphatic rings. The fraction of sp³-hybridized carbons (Fsp3) is 0.471. The Kier molecular flexibility index (Phi) is 4.45. The minimum absolute atomic E-state index is 0.0179. The Labute approximate surface area is 135 Å². The van der Waals surface area contributed by atoms with Gasteiger partial charge in [-0.05, 0) is 37.5 Å². The number of carbonyl (C=O) groups excluding carboxylic acids is 2. The van der Waals surface area contributed by atoms with Crippen LogP contribution in [-0.2, 0) is 9.59 Å². The molecule has 3 N–H and O–H groups in total. The second-order valence-corrected chi connectivity index (χ2v) is 6.81. The lowest BCUT2D eigenvalue weighted by molar-refractivity contribution is -0.140. The Morgan fingerprint density at radius 2 is 1.83 bits per heavy atom. The minimum atomic E-state index is -0.958. The van der Waals surface area contributed by atoms with E-state index in [0.29, 0.717) is 11.3 Å². The molecular weight excluding hydrogens is 296 g/mol. The molecule has 0 aromatic heterocycles. The summed E-state index contributed by atoms with van der Waals surface area (Å²) in [5.74, 6) is -2.74. The number of carboxylic acid groups (broad SMARTS) is 1. The first-order valence-corrected chi connectivity index (χ1v) is 7.59. The van der Waals surface area contributed by atoms with E-state index >= 15 is 0 Å². The first kappa shape index (κ1) is 17.0. The third-order valence-electron chi connectivity index (χ3n) is 4.19. The second kappa shape index (κ2) is 6.02. The first-order chi connectivity index (χ1) is 10.6. The minimum Gasteiger partial charge on any atom is -0.481 e. The van der Waals surface area contributed by atoms with Gasteiger partial charge in [-0.25, -0.2) is 0 Å². The van der Waals surface area contributed by atoms with Crippen LogP contribution in [0.4, 0.5) is 5.69 Å². The predicted molar refractivity (Wildman–Crippen MR) is 86.1 cm³/mol.